The minimum Gasteiger partial charge on any atom is -0.491 e. The minimum atomic E-state index is -0.873. The van der Waals surface area contributed by atoms with Crippen LogP contribution in [0, 0.1) is 5.82 Å². The molecule has 1 saturated heterocycles. The highest BCUT2D eigenvalue weighted by Gasteiger charge is 2.37. The molecule has 0 saturated carbocycles. The van der Waals surface area contributed by atoms with E-state index in [2.05, 4.69) is 0 Å². The number of hydrogen-bond donors (Lipinski definition) is 1. The third-order valence-electron chi connectivity index (χ3n) is 5.47. The molecular formula is C26H22ClFN2O6S. The smallest absolute Gasteiger partial charge is 0.340 e. The number of rotatable bonds is 10. The highest BCUT2D eigenvalue weighted by atomic mass is 35.5. The van der Waals surface area contributed by atoms with Gasteiger partial charge in [0.25, 0.3) is 5.91 Å². The third kappa shape index (κ3) is 6.86. The van der Waals surface area contributed by atoms with Crippen molar-refractivity contribution in [1.29, 1.82) is 0 Å². The van der Waals surface area contributed by atoms with Gasteiger partial charge in [-0.25, -0.2) is 20.0 Å². The molecule has 3 aromatic carbocycles. The molecule has 11 heteroatoms. The van der Waals surface area contributed by atoms with Gasteiger partial charge in [0.15, 0.2) is 6.79 Å². The van der Waals surface area contributed by atoms with Crippen molar-refractivity contribution in [1.82, 2.24) is 5.01 Å². The number of imide groups is 1. The van der Waals surface area contributed by atoms with Gasteiger partial charge in [-0.05, 0) is 60.1 Å². The van der Waals surface area contributed by atoms with Crippen LogP contribution in [-0.2, 0) is 20.7 Å². The number of carbonyl (C=O) groups excluding carboxylic acids is 3. The standard InChI is InChI=1S/C26H22ClFN2O6S/c27-18-5-3-4-17(13-18)25(32)36-15-35-22(20-6-1-2-7-21(20)28)14-34-19-10-8-16(9-11-19)12-23-24(31)30(29)26(33)37-23/h1-11,13,22-23H,12,14-15,29H2. The number of hydrogen-bond acceptors (Lipinski definition) is 8. The molecule has 4 rings (SSSR count). The first kappa shape index (κ1) is 26.6. The molecule has 2 amide bonds. The van der Waals surface area contributed by atoms with E-state index in [0.717, 1.165) is 17.3 Å². The molecule has 1 heterocycles. The van der Waals surface area contributed by atoms with Crippen molar-refractivity contribution in [3.63, 3.8) is 0 Å². The predicted molar refractivity (Wildman–Crippen MR) is 135 cm³/mol. The van der Waals surface area contributed by atoms with Gasteiger partial charge in [-0.1, -0.05) is 48.0 Å². The van der Waals surface area contributed by atoms with Crippen LogP contribution in [0.1, 0.15) is 27.6 Å². The Kier molecular flexibility index (Phi) is 8.78. The van der Waals surface area contributed by atoms with Crippen LogP contribution in [0.25, 0.3) is 0 Å². The molecule has 1 aliphatic heterocycles. The average molecular weight is 545 g/mol. The van der Waals surface area contributed by atoms with Crippen molar-refractivity contribution in [2.24, 2.45) is 5.84 Å². The summed E-state index contributed by atoms with van der Waals surface area (Å²) in [7, 11) is 0. The molecule has 37 heavy (non-hydrogen) atoms. The van der Waals surface area contributed by atoms with E-state index in [1.807, 2.05) is 0 Å². The lowest BCUT2D eigenvalue weighted by atomic mass is 10.1. The molecule has 192 valence electrons. The summed E-state index contributed by atoms with van der Waals surface area (Å²) in [4.78, 5) is 35.8. The van der Waals surface area contributed by atoms with Crippen LogP contribution in [-0.4, -0.2) is 40.8 Å². The molecule has 2 unspecified atom stereocenters. The third-order valence-corrected chi connectivity index (χ3v) is 6.76. The Labute approximate surface area is 221 Å². The molecule has 1 fully saturated rings. The highest BCUT2D eigenvalue weighted by molar-refractivity contribution is 8.15. The van der Waals surface area contributed by atoms with E-state index >= 15 is 0 Å². The summed E-state index contributed by atoms with van der Waals surface area (Å²) < 4.78 is 31.1. The van der Waals surface area contributed by atoms with Crippen LogP contribution in [0.2, 0.25) is 5.02 Å². The fourth-order valence-electron chi connectivity index (χ4n) is 3.54. The van der Waals surface area contributed by atoms with Gasteiger partial charge < -0.3 is 14.2 Å². The largest absolute Gasteiger partial charge is 0.491 e. The van der Waals surface area contributed by atoms with Gasteiger partial charge in [-0.2, -0.15) is 0 Å². The van der Waals surface area contributed by atoms with Gasteiger partial charge in [0.05, 0.1) is 10.8 Å². The molecule has 3 aromatic rings. The van der Waals surface area contributed by atoms with Crippen molar-refractivity contribution < 1.29 is 33.0 Å². The fraction of sp³-hybridized carbons (Fsp3) is 0.192. The van der Waals surface area contributed by atoms with Gasteiger partial charge >= 0.3 is 11.2 Å². The first-order valence-electron chi connectivity index (χ1n) is 11.1. The number of esters is 1. The van der Waals surface area contributed by atoms with E-state index < -0.39 is 41.1 Å². The van der Waals surface area contributed by atoms with Crippen molar-refractivity contribution in [2.75, 3.05) is 13.4 Å². The van der Waals surface area contributed by atoms with Crippen molar-refractivity contribution in [2.45, 2.75) is 17.8 Å². The van der Waals surface area contributed by atoms with Gasteiger partial charge in [0.2, 0.25) is 0 Å². The second-order valence-corrected chi connectivity index (χ2v) is 9.57. The minimum absolute atomic E-state index is 0.0669. The van der Waals surface area contributed by atoms with Crippen LogP contribution in [0.15, 0.2) is 72.8 Å². The number of nitrogens with zero attached hydrogens (tertiary/aromatic N) is 1. The van der Waals surface area contributed by atoms with Crippen LogP contribution >= 0.6 is 23.4 Å². The van der Waals surface area contributed by atoms with Gasteiger partial charge in [-0.15, -0.1) is 0 Å². The molecule has 0 aliphatic carbocycles. The molecule has 2 N–H and O–H groups in total. The van der Waals surface area contributed by atoms with Crippen molar-refractivity contribution >= 4 is 40.5 Å². The molecular weight excluding hydrogens is 523 g/mol. The fourth-order valence-corrected chi connectivity index (χ4v) is 4.67. The summed E-state index contributed by atoms with van der Waals surface area (Å²) in [5.41, 5.74) is 1.32. The summed E-state index contributed by atoms with van der Waals surface area (Å²) in [6.07, 6.45) is -0.538. The van der Waals surface area contributed by atoms with Crippen LogP contribution in [0.4, 0.5) is 9.18 Å². The Morgan fingerprint density at radius 2 is 1.84 bits per heavy atom. The van der Waals surface area contributed by atoms with Gasteiger partial charge in [-0.3, -0.25) is 9.59 Å². The highest BCUT2D eigenvalue weighted by Crippen LogP contribution is 2.28. The number of hydrazine groups is 1. The van der Waals surface area contributed by atoms with E-state index in [1.54, 1.807) is 60.7 Å². The lowest BCUT2D eigenvalue weighted by Gasteiger charge is -2.19. The van der Waals surface area contributed by atoms with E-state index in [-0.39, 0.29) is 17.7 Å². The van der Waals surface area contributed by atoms with Crippen molar-refractivity contribution in [3.8, 4) is 5.75 Å². The van der Waals surface area contributed by atoms with Crippen LogP contribution < -0.4 is 10.6 Å². The maximum absolute atomic E-state index is 14.5. The molecule has 0 radical (unpaired) electrons. The second kappa shape index (κ2) is 12.2. The number of halogens is 2. The molecule has 0 spiro atoms. The number of nitrogens with two attached hydrogens (primary N) is 1. The first-order chi connectivity index (χ1) is 17.8. The van der Waals surface area contributed by atoms with E-state index in [0.29, 0.717) is 22.2 Å². The molecule has 1 aliphatic rings. The van der Waals surface area contributed by atoms with E-state index in [1.165, 1.54) is 12.1 Å². The predicted octanol–water partition coefficient (Wildman–Crippen LogP) is 4.91. The second-order valence-electron chi connectivity index (χ2n) is 7.98. The van der Waals surface area contributed by atoms with E-state index in [4.69, 9.17) is 31.7 Å². The van der Waals surface area contributed by atoms with Crippen LogP contribution in [0.3, 0.4) is 0 Å². The SMILES string of the molecule is NN1C(=O)SC(Cc2ccc(OCC(OCOC(=O)c3cccc(Cl)c3)c3ccccc3F)cc2)C1=O. The number of amides is 2. The number of thioether (sulfide) groups is 1. The Balaban J connectivity index is 1.36. The molecule has 0 aromatic heterocycles. The molecule has 8 nitrogen and oxygen atoms in total. The average Bonchev–Trinajstić information content (AvgIpc) is 3.13. The number of benzene rings is 3. The van der Waals surface area contributed by atoms with E-state index in [9.17, 15) is 18.8 Å². The zero-order chi connectivity index (χ0) is 26.4. The Morgan fingerprint density at radius 1 is 1.08 bits per heavy atom. The number of carbonyl (C=O) groups is 3. The zero-order valence-corrected chi connectivity index (χ0v) is 20.9. The summed E-state index contributed by atoms with van der Waals surface area (Å²) in [6, 6.07) is 19.3. The summed E-state index contributed by atoms with van der Waals surface area (Å²) in [5.74, 6) is 4.34. The summed E-state index contributed by atoms with van der Waals surface area (Å²) in [5, 5.41) is -0.0327. The van der Waals surface area contributed by atoms with Crippen LogP contribution in [0.5, 0.6) is 5.75 Å². The monoisotopic (exact) mass is 544 g/mol. The Bertz CT molecular complexity index is 1290. The first-order valence-corrected chi connectivity index (χ1v) is 12.4. The van der Waals surface area contributed by atoms with Gasteiger partial charge in [0, 0.05) is 10.6 Å². The summed E-state index contributed by atoms with van der Waals surface area (Å²) in [6.45, 7) is -0.501. The number of ether oxygens (including phenoxy) is 3. The van der Waals surface area contributed by atoms with Gasteiger partial charge in [0.1, 0.15) is 24.3 Å². The molecule has 0 bridgehead atoms. The quantitative estimate of drug-likeness (QED) is 0.166. The lowest BCUT2D eigenvalue weighted by Crippen LogP contribution is -2.37. The van der Waals surface area contributed by atoms with Crippen molar-refractivity contribution in [3.05, 3.63) is 100 Å². The lowest BCUT2D eigenvalue weighted by molar-refractivity contribution is -0.126. The Morgan fingerprint density at radius 3 is 2.51 bits per heavy atom. The maximum atomic E-state index is 14.5. The Hall–Kier alpha value is -3.44. The molecule has 2 atom stereocenters. The zero-order valence-electron chi connectivity index (χ0n) is 19.3. The normalized spacial score (nSPS) is 16.1. The maximum Gasteiger partial charge on any atom is 0.340 e. The summed E-state index contributed by atoms with van der Waals surface area (Å²) >= 11 is 6.80. The topological polar surface area (TPSA) is 108 Å².